The van der Waals surface area contributed by atoms with Crippen molar-refractivity contribution in [3.8, 4) is 0 Å². The van der Waals surface area contributed by atoms with Crippen molar-refractivity contribution in [3.63, 3.8) is 0 Å². The van der Waals surface area contributed by atoms with Gasteiger partial charge in [-0.25, -0.2) is 0 Å². The first-order valence-corrected chi connectivity index (χ1v) is 10.1. The van der Waals surface area contributed by atoms with Crippen LogP contribution < -0.4 is 5.32 Å². The number of nitrogens with zero attached hydrogens (tertiary/aromatic N) is 4. The number of carbonyl (C=O) groups is 1. The monoisotopic (exact) mass is 361 g/mol. The van der Waals surface area contributed by atoms with Gasteiger partial charge in [0.15, 0.2) is 5.69 Å². The molecule has 7 nitrogen and oxygen atoms in total. The van der Waals surface area contributed by atoms with Gasteiger partial charge in [-0.05, 0) is 45.8 Å². The Morgan fingerprint density at radius 2 is 2.00 bits per heavy atom. The molecule has 0 unspecified atom stereocenters. The summed E-state index contributed by atoms with van der Waals surface area (Å²) < 4.78 is 7.68. The van der Waals surface area contributed by atoms with E-state index >= 15 is 0 Å². The molecule has 0 spiro atoms. The zero-order valence-electron chi connectivity index (χ0n) is 16.0. The van der Waals surface area contributed by atoms with Crippen LogP contribution in [0.15, 0.2) is 6.07 Å². The largest absolute Gasteiger partial charge is 0.378 e. The molecule has 0 aliphatic carbocycles. The summed E-state index contributed by atoms with van der Waals surface area (Å²) in [6.45, 7) is 10.7. The van der Waals surface area contributed by atoms with Gasteiger partial charge in [-0.2, -0.15) is 5.10 Å². The minimum Gasteiger partial charge on any atom is -0.378 e. The highest BCUT2D eigenvalue weighted by molar-refractivity contribution is 5.92. The average molecular weight is 361 g/mol. The van der Waals surface area contributed by atoms with E-state index in [0.717, 1.165) is 38.4 Å². The maximum absolute atomic E-state index is 12.8. The lowest BCUT2D eigenvalue weighted by Crippen LogP contribution is -2.52. The van der Waals surface area contributed by atoms with Crippen LogP contribution in [-0.4, -0.2) is 76.5 Å². The third kappa shape index (κ3) is 3.66. The van der Waals surface area contributed by atoms with Gasteiger partial charge in [0.25, 0.3) is 5.91 Å². The van der Waals surface area contributed by atoms with E-state index < -0.39 is 0 Å². The van der Waals surface area contributed by atoms with Crippen molar-refractivity contribution in [1.82, 2.24) is 24.9 Å². The second kappa shape index (κ2) is 7.66. The molecule has 1 N–H and O–H groups in total. The van der Waals surface area contributed by atoms with Gasteiger partial charge in [-0.1, -0.05) is 6.42 Å². The van der Waals surface area contributed by atoms with Gasteiger partial charge < -0.3 is 10.1 Å². The molecule has 4 heterocycles. The Hall–Kier alpha value is -1.44. The minimum absolute atomic E-state index is 0.0616. The number of hydrogen-bond donors (Lipinski definition) is 1. The second-order valence-electron chi connectivity index (χ2n) is 8.09. The fourth-order valence-electron chi connectivity index (χ4n) is 4.37. The van der Waals surface area contributed by atoms with Crippen molar-refractivity contribution >= 4 is 5.91 Å². The van der Waals surface area contributed by atoms with Gasteiger partial charge >= 0.3 is 0 Å². The quantitative estimate of drug-likeness (QED) is 0.870. The number of ether oxygens (including phenoxy) is 1. The molecular formula is C19H31N5O2. The van der Waals surface area contributed by atoms with Crippen molar-refractivity contribution in [1.29, 1.82) is 0 Å². The topological polar surface area (TPSA) is 62.6 Å². The minimum atomic E-state index is -0.0690. The summed E-state index contributed by atoms with van der Waals surface area (Å²) >= 11 is 0. The second-order valence-corrected chi connectivity index (χ2v) is 8.09. The van der Waals surface area contributed by atoms with E-state index in [4.69, 9.17) is 4.74 Å². The van der Waals surface area contributed by atoms with Gasteiger partial charge in [0.05, 0.1) is 37.5 Å². The van der Waals surface area contributed by atoms with Gasteiger partial charge in [0, 0.05) is 19.1 Å². The van der Waals surface area contributed by atoms with Crippen LogP contribution in [0.2, 0.25) is 0 Å². The molecule has 2 saturated heterocycles. The number of carbonyl (C=O) groups excluding carboxylic acids is 1. The molecule has 2 atom stereocenters. The molecule has 7 heteroatoms. The molecule has 144 valence electrons. The Bertz CT molecular complexity index is 638. The van der Waals surface area contributed by atoms with E-state index in [0.29, 0.717) is 31.0 Å². The molecule has 2 fully saturated rings. The summed E-state index contributed by atoms with van der Waals surface area (Å²) in [5.74, 6) is -0.0690. The molecule has 1 amide bonds. The van der Waals surface area contributed by atoms with Crippen molar-refractivity contribution in [3.05, 3.63) is 17.5 Å². The zero-order valence-corrected chi connectivity index (χ0v) is 16.0. The predicted molar refractivity (Wildman–Crippen MR) is 99.1 cm³/mol. The first kappa shape index (κ1) is 17.9. The van der Waals surface area contributed by atoms with Gasteiger partial charge in [-0.15, -0.1) is 0 Å². The highest BCUT2D eigenvalue weighted by Gasteiger charge is 2.35. The highest BCUT2D eigenvalue weighted by Crippen LogP contribution is 2.20. The summed E-state index contributed by atoms with van der Waals surface area (Å²) in [5.41, 5.74) is 1.67. The van der Waals surface area contributed by atoms with Crippen molar-refractivity contribution in [2.75, 3.05) is 32.8 Å². The molecule has 0 bridgehead atoms. The molecule has 3 aliphatic heterocycles. The van der Waals surface area contributed by atoms with E-state index in [9.17, 15) is 4.79 Å². The third-order valence-electron chi connectivity index (χ3n) is 6.02. The Morgan fingerprint density at radius 1 is 1.19 bits per heavy atom. The van der Waals surface area contributed by atoms with Gasteiger partial charge in [-0.3, -0.25) is 19.3 Å². The van der Waals surface area contributed by atoms with Crippen LogP contribution in [0, 0.1) is 0 Å². The first-order valence-electron chi connectivity index (χ1n) is 10.1. The Labute approximate surface area is 155 Å². The Balaban J connectivity index is 1.40. The SMILES string of the molecule is CC(C)N1CCn2nc(C(=O)N[C@H]3COC[C@@H]3N3CCCCC3)cc2C1. The Morgan fingerprint density at radius 3 is 2.77 bits per heavy atom. The number of piperidine rings is 1. The summed E-state index contributed by atoms with van der Waals surface area (Å²) in [6.07, 6.45) is 3.81. The fraction of sp³-hybridized carbons (Fsp3) is 0.789. The highest BCUT2D eigenvalue weighted by atomic mass is 16.5. The van der Waals surface area contributed by atoms with Crippen LogP contribution in [-0.2, 0) is 17.8 Å². The lowest BCUT2D eigenvalue weighted by molar-refractivity contribution is 0.0893. The summed E-state index contributed by atoms with van der Waals surface area (Å²) in [6, 6.07) is 2.83. The number of hydrogen-bond acceptors (Lipinski definition) is 5. The van der Waals surface area contributed by atoms with Crippen molar-refractivity contribution in [2.45, 2.75) is 64.3 Å². The molecule has 1 aromatic heterocycles. The molecule has 4 rings (SSSR count). The molecule has 26 heavy (non-hydrogen) atoms. The van der Waals surface area contributed by atoms with Crippen molar-refractivity contribution < 1.29 is 9.53 Å². The number of likely N-dealkylation sites (tertiary alicyclic amines) is 1. The maximum Gasteiger partial charge on any atom is 0.272 e. The molecule has 3 aliphatic rings. The summed E-state index contributed by atoms with van der Waals surface area (Å²) in [7, 11) is 0. The molecular weight excluding hydrogens is 330 g/mol. The smallest absolute Gasteiger partial charge is 0.272 e. The van der Waals surface area contributed by atoms with Crippen LogP contribution in [0.5, 0.6) is 0 Å². The number of aromatic nitrogens is 2. The predicted octanol–water partition coefficient (Wildman–Crippen LogP) is 1.09. The zero-order chi connectivity index (χ0) is 18.1. The van der Waals surface area contributed by atoms with E-state index in [2.05, 4.69) is 34.1 Å². The number of amides is 1. The van der Waals surface area contributed by atoms with E-state index in [-0.39, 0.29) is 11.9 Å². The third-order valence-corrected chi connectivity index (χ3v) is 6.02. The average Bonchev–Trinajstić information content (AvgIpc) is 3.28. The van der Waals surface area contributed by atoms with Crippen LogP contribution in [0.1, 0.15) is 49.3 Å². The lowest BCUT2D eigenvalue weighted by Gasteiger charge is -2.34. The molecule has 1 aromatic rings. The molecule has 0 radical (unpaired) electrons. The summed E-state index contributed by atoms with van der Waals surface area (Å²) in [4.78, 5) is 17.7. The van der Waals surface area contributed by atoms with E-state index in [1.807, 2.05) is 10.7 Å². The number of nitrogens with one attached hydrogen (secondary N) is 1. The van der Waals surface area contributed by atoms with Crippen LogP contribution in [0.3, 0.4) is 0 Å². The number of rotatable bonds is 4. The van der Waals surface area contributed by atoms with Crippen molar-refractivity contribution in [2.24, 2.45) is 0 Å². The van der Waals surface area contributed by atoms with Gasteiger partial charge in [0.1, 0.15) is 0 Å². The van der Waals surface area contributed by atoms with Gasteiger partial charge in [0.2, 0.25) is 0 Å². The molecule has 0 aromatic carbocycles. The Kier molecular flexibility index (Phi) is 5.29. The van der Waals surface area contributed by atoms with E-state index in [1.54, 1.807) is 0 Å². The van der Waals surface area contributed by atoms with Crippen LogP contribution in [0.25, 0.3) is 0 Å². The van der Waals surface area contributed by atoms with Crippen LogP contribution in [0.4, 0.5) is 0 Å². The first-order chi connectivity index (χ1) is 12.6. The standard InChI is InChI=1S/C19H31N5O2/c1-14(2)23-8-9-24-15(11-23)10-16(21-24)19(25)20-17-12-26-13-18(17)22-6-4-3-5-7-22/h10,14,17-18H,3-9,11-13H2,1-2H3,(H,20,25)/t17-,18-/m0/s1. The van der Waals surface area contributed by atoms with E-state index in [1.165, 1.54) is 19.3 Å². The summed E-state index contributed by atoms with van der Waals surface area (Å²) in [5, 5.41) is 7.74. The number of fused-ring (bicyclic) bond motifs is 1. The van der Waals surface area contributed by atoms with Crippen LogP contribution >= 0.6 is 0 Å². The molecule has 0 saturated carbocycles. The fourth-order valence-corrected chi connectivity index (χ4v) is 4.37. The normalized spacial score (nSPS) is 27.7. The lowest BCUT2D eigenvalue weighted by atomic mass is 10.0. The maximum atomic E-state index is 12.8.